The normalized spacial score (nSPS) is 16.0. The number of thiophene rings is 1. The van der Waals surface area contributed by atoms with Gasteiger partial charge in [-0.3, -0.25) is 0 Å². The minimum absolute atomic E-state index is 0.203. The maximum atomic E-state index is 5.82. The summed E-state index contributed by atoms with van der Waals surface area (Å²) in [4.78, 5) is 7.79. The van der Waals surface area contributed by atoms with E-state index in [1.165, 1.54) is 5.56 Å². The SMILES string of the molecule is COc1cccc(CN2C(=S)NC(c3ccc(C)cc3)C(c3nc(-c4cccs4)no3)=C2C)c1. The lowest BCUT2D eigenvalue weighted by Gasteiger charge is -2.37. The van der Waals surface area contributed by atoms with Crippen LogP contribution in [0.5, 0.6) is 5.75 Å². The number of rotatable bonds is 6. The molecule has 1 N–H and O–H groups in total. The number of aryl methyl sites for hydroxylation is 1. The van der Waals surface area contributed by atoms with Crippen LogP contribution in [0.15, 0.2) is 76.3 Å². The van der Waals surface area contributed by atoms with Crippen LogP contribution in [0, 0.1) is 6.92 Å². The molecule has 0 aliphatic carbocycles. The van der Waals surface area contributed by atoms with Crippen LogP contribution >= 0.6 is 23.6 Å². The molecule has 172 valence electrons. The first-order chi connectivity index (χ1) is 16.5. The van der Waals surface area contributed by atoms with E-state index in [0.717, 1.165) is 33.0 Å². The van der Waals surface area contributed by atoms with Crippen LogP contribution in [-0.4, -0.2) is 27.3 Å². The molecule has 1 unspecified atom stereocenters. The zero-order valence-electron chi connectivity index (χ0n) is 19.1. The van der Waals surface area contributed by atoms with Crippen LogP contribution in [-0.2, 0) is 6.54 Å². The molecule has 1 aliphatic heterocycles. The molecule has 0 saturated carbocycles. The van der Waals surface area contributed by atoms with Gasteiger partial charge in [0.2, 0.25) is 5.82 Å². The fourth-order valence-electron chi connectivity index (χ4n) is 4.05. The van der Waals surface area contributed by atoms with E-state index in [4.69, 9.17) is 26.5 Å². The molecule has 4 aromatic rings. The highest BCUT2D eigenvalue weighted by atomic mass is 32.1. The number of hydrogen-bond donors (Lipinski definition) is 1. The molecule has 1 aliphatic rings. The molecule has 34 heavy (non-hydrogen) atoms. The van der Waals surface area contributed by atoms with Crippen LogP contribution < -0.4 is 10.1 Å². The van der Waals surface area contributed by atoms with Gasteiger partial charge in [0.05, 0.1) is 30.1 Å². The third-order valence-electron chi connectivity index (χ3n) is 5.88. The molecule has 1 atom stereocenters. The topological polar surface area (TPSA) is 63.4 Å². The number of aromatic nitrogens is 2. The molecule has 0 amide bonds. The van der Waals surface area contributed by atoms with Crippen LogP contribution in [0.1, 0.15) is 35.5 Å². The van der Waals surface area contributed by atoms with Crippen molar-refractivity contribution in [2.24, 2.45) is 0 Å². The predicted octanol–water partition coefficient (Wildman–Crippen LogP) is 5.98. The minimum atomic E-state index is -0.203. The van der Waals surface area contributed by atoms with Crippen molar-refractivity contribution < 1.29 is 9.26 Å². The first-order valence-electron chi connectivity index (χ1n) is 10.9. The monoisotopic (exact) mass is 488 g/mol. The fourth-order valence-corrected chi connectivity index (χ4v) is 5.02. The third-order valence-corrected chi connectivity index (χ3v) is 7.08. The molecule has 0 fully saturated rings. The van der Waals surface area contributed by atoms with Gasteiger partial charge in [-0.2, -0.15) is 4.98 Å². The molecular formula is C26H24N4O2S2. The van der Waals surface area contributed by atoms with Gasteiger partial charge in [0.1, 0.15) is 5.75 Å². The molecule has 2 aromatic heterocycles. The summed E-state index contributed by atoms with van der Waals surface area (Å²) in [6.07, 6.45) is 0. The van der Waals surface area contributed by atoms with Crippen LogP contribution in [0.3, 0.4) is 0 Å². The first kappa shape index (κ1) is 22.3. The second-order valence-corrected chi connectivity index (χ2v) is 9.46. The smallest absolute Gasteiger partial charge is 0.258 e. The average molecular weight is 489 g/mol. The van der Waals surface area contributed by atoms with Crippen molar-refractivity contribution in [3.8, 4) is 16.5 Å². The second kappa shape index (κ2) is 9.40. The Hall–Kier alpha value is -3.49. The molecule has 6 nitrogen and oxygen atoms in total. The Labute approximate surface area is 207 Å². The highest BCUT2D eigenvalue weighted by Gasteiger charge is 2.34. The second-order valence-electron chi connectivity index (χ2n) is 8.13. The van der Waals surface area contributed by atoms with Crippen LogP contribution in [0.2, 0.25) is 0 Å². The minimum Gasteiger partial charge on any atom is -0.497 e. The number of benzene rings is 2. The Balaban J connectivity index is 1.59. The lowest BCUT2D eigenvalue weighted by molar-refractivity contribution is 0.395. The highest BCUT2D eigenvalue weighted by molar-refractivity contribution is 7.80. The van der Waals surface area contributed by atoms with Gasteiger partial charge in [-0.15, -0.1) is 11.3 Å². The molecule has 2 aromatic carbocycles. The summed E-state index contributed by atoms with van der Waals surface area (Å²) in [7, 11) is 1.67. The number of methoxy groups -OCH3 is 1. The van der Waals surface area contributed by atoms with E-state index in [0.29, 0.717) is 23.4 Å². The Morgan fingerprint density at radius 3 is 2.68 bits per heavy atom. The van der Waals surface area contributed by atoms with Crippen molar-refractivity contribution in [3.63, 3.8) is 0 Å². The average Bonchev–Trinajstić information content (AvgIpc) is 3.54. The standard InChI is InChI=1S/C26H24N4O2S2/c1-16-9-11-19(12-10-16)23-22(25-28-24(29-32-25)21-8-5-13-34-21)17(2)30(26(33)27-23)15-18-6-4-7-20(14-18)31-3/h4-14,23H,15H2,1-3H3,(H,27,33). The van der Waals surface area contributed by atoms with Gasteiger partial charge in [-0.25, -0.2) is 0 Å². The summed E-state index contributed by atoms with van der Waals surface area (Å²) in [5, 5.41) is 10.4. The van der Waals surface area contributed by atoms with Crippen molar-refractivity contribution in [1.29, 1.82) is 0 Å². The summed E-state index contributed by atoms with van der Waals surface area (Å²) in [5.41, 5.74) is 5.25. The quantitative estimate of drug-likeness (QED) is 0.335. The van der Waals surface area contributed by atoms with E-state index in [2.05, 4.69) is 59.6 Å². The van der Waals surface area contributed by atoms with E-state index in [-0.39, 0.29) is 6.04 Å². The number of allylic oxidation sites excluding steroid dienone is 1. The van der Waals surface area contributed by atoms with Crippen molar-refractivity contribution in [3.05, 3.63) is 94.3 Å². The number of nitrogens with zero attached hydrogens (tertiary/aromatic N) is 3. The summed E-state index contributed by atoms with van der Waals surface area (Å²) in [6.45, 7) is 4.72. The van der Waals surface area contributed by atoms with Crippen LogP contribution in [0.25, 0.3) is 16.3 Å². The van der Waals surface area contributed by atoms with Gasteiger partial charge in [0.25, 0.3) is 5.89 Å². The number of nitrogens with one attached hydrogen (secondary N) is 1. The lowest BCUT2D eigenvalue weighted by atomic mass is 9.94. The van der Waals surface area contributed by atoms with Gasteiger partial charge >= 0.3 is 0 Å². The summed E-state index contributed by atoms with van der Waals surface area (Å²) in [6, 6.07) is 20.2. The van der Waals surface area contributed by atoms with Gasteiger partial charge in [-0.05, 0) is 60.8 Å². The molecule has 8 heteroatoms. The molecule has 5 rings (SSSR count). The van der Waals surface area contributed by atoms with Gasteiger partial charge in [-0.1, -0.05) is 53.2 Å². The fraction of sp³-hybridized carbons (Fsp3) is 0.192. The van der Waals surface area contributed by atoms with Crippen molar-refractivity contribution in [2.45, 2.75) is 26.4 Å². The maximum Gasteiger partial charge on any atom is 0.258 e. The Morgan fingerprint density at radius 2 is 1.94 bits per heavy atom. The zero-order valence-corrected chi connectivity index (χ0v) is 20.7. The zero-order chi connectivity index (χ0) is 23.7. The molecular weight excluding hydrogens is 464 g/mol. The van der Waals surface area contributed by atoms with Crippen molar-refractivity contribution in [1.82, 2.24) is 20.4 Å². The number of thiocarbonyl (C=S) groups is 1. The number of hydrogen-bond acceptors (Lipinski definition) is 6. The molecule has 0 bridgehead atoms. The van der Waals surface area contributed by atoms with Gasteiger partial charge in [0, 0.05) is 5.70 Å². The van der Waals surface area contributed by atoms with E-state index in [9.17, 15) is 0 Å². The van der Waals surface area contributed by atoms with E-state index in [1.807, 2.05) is 35.7 Å². The van der Waals surface area contributed by atoms with Crippen molar-refractivity contribution in [2.75, 3.05) is 7.11 Å². The Bertz CT molecular complexity index is 1340. The molecule has 0 saturated heterocycles. The van der Waals surface area contributed by atoms with Gasteiger partial charge < -0.3 is 19.5 Å². The maximum absolute atomic E-state index is 5.82. The van der Waals surface area contributed by atoms with Gasteiger partial charge in [0.15, 0.2) is 5.11 Å². The van der Waals surface area contributed by atoms with Crippen molar-refractivity contribution >= 4 is 34.2 Å². The summed E-state index contributed by atoms with van der Waals surface area (Å²) in [5.74, 6) is 1.88. The lowest BCUT2D eigenvalue weighted by Crippen LogP contribution is -2.45. The van der Waals surface area contributed by atoms with E-state index < -0.39 is 0 Å². The largest absolute Gasteiger partial charge is 0.497 e. The summed E-state index contributed by atoms with van der Waals surface area (Å²) >= 11 is 7.41. The Morgan fingerprint density at radius 1 is 1.12 bits per heavy atom. The van der Waals surface area contributed by atoms with E-state index >= 15 is 0 Å². The first-order valence-corrected chi connectivity index (χ1v) is 12.2. The molecule has 0 spiro atoms. The number of ether oxygens (including phenoxy) is 1. The Kier molecular flexibility index (Phi) is 6.17. The van der Waals surface area contributed by atoms with Crippen LogP contribution in [0.4, 0.5) is 0 Å². The predicted molar refractivity (Wildman–Crippen MR) is 138 cm³/mol. The van der Waals surface area contributed by atoms with E-state index in [1.54, 1.807) is 18.4 Å². The molecule has 3 heterocycles. The highest BCUT2D eigenvalue weighted by Crippen LogP contribution is 2.38. The third kappa shape index (κ3) is 4.34. The summed E-state index contributed by atoms with van der Waals surface area (Å²) < 4.78 is 11.2. The molecule has 0 radical (unpaired) electrons.